The standard InChI is InChI=1S/C16H20BrClN2O/c1-11(18)16-19-14-6-5-13(17)9-15(14)20(16)7-2-8-21-10-12-3-4-12/h5-6,9,11-12H,2-4,7-8,10H2,1H3. The molecule has 0 bridgehead atoms. The lowest BCUT2D eigenvalue weighted by atomic mass is 10.3. The third kappa shape index (κ3) is 3.79. The van der Waals surface area contributed by atoms with Crippen LogP contribution < -0.4 is 0 Å². The first-order valence-electron chi connectivity index (χ1n) is 7.52. The molecule has 0 aliphatic heterocycles. The minimum atomic E-state index is -0.0939. The average molecular weight is 372 g/mol. The third-order valence-electron chi connectivity index (χ3n) is 3.82. The minimum absolute atomic E-state index is 0.0939. The Morgan fingerprint density at radius 3 is 3.00 bits per heavy atom. The Morgan fingerprint density at radius 1 is 1.48 bits per heavy atom. The zero-order valence-corrected chi connectivity index (χ0v) is 14.5. The maximum Gasteiger partial charge on any atom is 0.127 e. The Bertz CT molecular complexity index is 622. The Hall–Kier alpha value is -0.580. The smallest absolute Gasteiger partial charge is 0.127 e. The molecule has 1 fully saturated rings. The van der Waals surface area contributed by atoms with Crippen LogP contribution in [0.25, 0.3) is 11.0 Å². The van der Waals surface area contributed by atoms with Crippen LogP contribution in [0, 0.1) is 5.92 Å². The summed E-state index contributed by atoms with van der Waals surface area (Å²) in [6.07, 6.45) is 3.67. The molecule has 0 saturated heterocycles. The van der Waals surface area contributed by atoms with Crippen LogP contribution in [0.5, 0.6) is 0 Å². The molecular formula is C16H20BrClN2O. The highest BCUT2D eigenvalue weighted by Crippen LogP contribution is 2.29. The first-order valence-corrected chi connectivity index (χ1v) is 8.75. The summed E-state index contributed by atoms with van der Waals surface area (Å²) in [4.78, 5) is 4.66. The van der Waals surface area contributed by atoms with E-state index in [9.17, 15) is 0 Å². The number of benzene rings is 1. The van der Waals surface area contributed by atoms with Gasteiger partial charge in [-0.25, -0.2) is 4.98 Å². The molecule has 1 unspecified atom stereocenters. The first-order chi connectivity index (χ1) is 10.1. The SMILES string of the molecule is CC(Cl)c1nc2ccc(Br)cc2n1CCCOCC1CC1. The second-order valence-corrected chi connectivity index (χ2v) is 7.31. The molecule has 2 aromatic rings. The van der Waals surface area contributed by atoms with E-state index >= 15 is 0 Å². The number of imidazole rings is 1. The number of aromatic nitrogens is 2. The number of nitrogens with zero attached hydrogens (tertiary/aromatic N) is 2. The second-order valence-electron chi connectivity index (χ2n) is 5.74. The molecule has 1 aliphatic rings. The van der Waals surface area contributed by atoms with Crippen LogP contribution in [-0.4, -0.2) is 22.8 Å². The van der Waals surface area contributed by atoms with Crippen LogP contribution in [0.1, 0.15) is 37.4 Å². The van der Waals surface area contributed by atoms with Crippen molar-refractivity contribution in [3.8, 4) is 0 Å². The molecule has 21 heavy (non-hydrogen) atoms. The fourth-order valence-electron chi connectivity index (χ4n) is 2.51. The molecule has 5 heteroatoms. The van der Waals surface area contributed by atoms with Crippen molar-refractivity contribution in [3.05, 3.63) is 28.5 Å². The second kappa shape index (κ2) is 6.67. The van der Waals surface area contributed by atoms with Crippen molar-refractivity contribution in [2.24, 2.45) is 5.92 Å². The number of aryl methyl sites for hydroxylation is 1. The minimum Gasteiger partial charge on any atom is -0.381 e. The van der Waals surface area contributed by atoms with Crippen molar-refractivity contribution < 1.29 is 4.74 Å². The van der Waals surface area contributed by atoms with Crippen LogP contribution >= 0.6 is 27.5 Å². The van der Waals surface area contributed by atoms with E-state index in [4.69, 9.17) is 16.3 Å². The summed E-state index contributed by atoms with van der Waals surface area (Å²) in [6.45, 7) is 4.59. The Labute approximate surface area is 138 Å². The number of hydrogen-bond donors (Lipinski definition) is 0. The van der Waals surface area contributed by atoms with Gasteiger partial charge in [0.1, 0.15) is 5.82 Å². The van der Waals surface area contributed by atoms with Gasteiger partial charge in [-0.15, -0.1) is 11.6 Å². The molecule has 0 spiro atoms. The molecule has 1 aromatic heterocycles. The van der Waals surface area contributed by atoms with Gasteiger partial charge in [0.15, 0.2) is 0 Å². The van der Waals surface area contributed by atoms with Gasteiger partial charge in [-0.3, -0.25) is 0 Å². The summed E-state index contributed by atoms with van der Waals surface area (Å²) in [7, 11) is 0. The Morgan fingerprint density at radius 2 is 2.29 bits per heavy atom. The zero-order valence-electron chi connectivity index (χ0n) is 12.2. The lowest BCUT2D eigenvalue weighted by Crippen LogP contribution is -2.08. The van der Waals surface area contributed by atoms with E-state index in [1.165, 1.54) is 12.8 Å². The van der Waals surface area contributed by atoms with Gasteiger partial charge < -0.3 is 9.30 Å². The van der Waals surface area contributed by atoms with Gasteiger partial charge in [0.25, 0.3) is 0 Å². The summed E-state index contributed by atoms with van der Waals surface area (Å²) in [6, 6.07) is 6.15. The van der Waals surface area contributed by atoms with Gasteiger partial charge in [0, 0.05) is 24.2 Å². The van der Waals surface area contributed by atoms with E-state index in [0.29, 0.717) is 0 Å². The first kappa shape index (κ1) is 15.3. The van der Waals surface area contributed by atoms with Crippen molar-refractivity contribution in [1.82, 2.24) is 9.55 Å². The summed E-state index contributed by atoms with van der Waals surface area (Å²) in [5, 5.41) is -0.0939. The number of fused-ring (bicyclic) bond motifs is 1. The average Bonchev–Trinajstić information content (AvgIpc) is 3.20. The lowest BCUT2D eigenvalue weighted by molar-refractivity contribution is 0.119. The molecule has 1 heterocycles. The number of halogens is 2. The molecule has 3 rings (SSSR count). The number of hydrogen-bond acceptors (Lipinski definition) is 2. The summed E-state index contributed by atoms with van der Waals surface area (Å²) < 4.78 is 9.00. The summed E-state index contributed by atoms with van der Waals surface area (Å²) in [5.41, 5.74) is 2.13. The van der Waals surface area contributed by atoms with Gasteiger partial charge in [-0.05, 0) is 50.3 Å². The highest BCUT2D eigenvalue weighted by Gasteiger charge is 2.21. The summed E-state index contributed by atoms with van der Waals surface area (Å²) >= 11 is 9.81. The normalized spacial score (nSPS) is 16.5. The maximum absolute atomic E-state index is 6.28. The van der Waals surface area contributed by atoms with Gasteiger partial charge in [0.2, 0.25) is 0 Å². The predicted molar refractivity (Wildman–Crippen MR) is 89.9 cm³/mol. The molecular weight excluding hydrogens is 352 g/mol. The molecule has 0 amide bonds. The van der Waals surface area contributed by atoms with Crippen LogP contribution in [0.4, 0.5) is 0 Å². The van der Waals surface area contributed by atoms with Crippen LogP contribution in [0.2, 0.25) is 0 Å². The van der Waals surface area contributed by atoms with Crippen LogP contribution in [0.15, 0.2) is 22.7 Å². The molecule has 1 aliphatic carbocycles. The Balaban J connectivity index is 1.71. The topological polar surface area (TPSA) is 27.1 Å². The fourth-order valence-corrected chi connectivity index (χ4v) is 3.03. The van der Waals surface area contributed by atoms with Gasteiger partial charge in [-0.1, -0.05) is 15.9 Å². The van der Waals surface area contributed by atoms with Gasteiger partial charge in [0.05, 0.1) is 16.4 Å². The Kier molecular flexibility index (Phi) is 4.87. The number of rotatable bonds is 7. The number of alkyl halides is 1. The lowest BCUT2D eigenvalue weighted by Gasteiger charge is -2.11. The zero-order chi connectivity index (χ0) is 14.8. The highest BCUT2D eigenvalue weighted by molar-refractivity contribution is 9.10. The van der Waals surface area contributed by atoms with E-state index in [1.54, 1.807) is 0 Å². The van der Waals surface area contributed by atoms with Gasteiger partial charge >= 0.3 is 0 Å². The molecule has 114 valence electrons. The van der Waals surface area contributed by atoms with E-state index in [2.05, 4.69) is 31.5 Å². The van der Waals surface area contributed by atoms with Crippen molar-refractivity contribution in [2.75, 3.05) is 13.2 Å². The van der Waals surface area contributed by atoms with E-state index in [-0.39, 0.29) is 5.38 Å². The molecule has 0 radical (unpaired) electrons. The molecule has 1 saturated carbocycles. The molecule has 1 atom stereocenters. The van der Waals surface area contributed by atoms with Crippen LogP contribution in [0.3, 0.4) is 0 Å². The molecule has 0 N–H and O–H groups in total. The van der Waals surface area contributed by atoms with E-state index in [1.807, 2.05) is 19.1 Å². The highest BCUT2D eigenvalue weighted by atomic mass is 79.9. The van der Waals surface area contributed by atoms with Crippen molar-refractivity contribution in [1.29, 1.82) is 0 Å². The third-order valence-corrected chi connectivity index (χ3v) is 4.50. The van der Waals surface area contributed by atoms with Gasteiger partial charge in [-0.2, -0.15) is 0 Å². The van der Waals surface area contributed by atoms with Crippen molar-refractivity contribution in [3.63, 3.8) is 0 Å². The number of ether oxygens (including phenoxy) is 1. The predicted octanol–water partition coefficient (Wildman–Crippen LogP) is 4.92. The maximum atomic E-state index is 6.28. The molecule has 1 aromatic carbocycles. The van der Waals surface area contributed by atoms with Crippen molar-refractivity contribution >= 4 is 38.6 Å². The summed E-state index contributed by atoms with van der Waals surface area (Å²) in [5.74, 6) is 1.76. The largest absolute Gasteiger partial charge is 0.381 e. The van der Waals surface area contributed by atoms with E-state index in [0.717, 1.165) is 53.4 Å². The molecule has 3 nitrogen and oxygen atoms in total. The van der Waals surface area contributed by atoms with Crippen molar-refractivity contribution in [2.45, 2.75) is 38.1 Å². The monoisotopic (exact) mass is 370 g/mol. The fraction of sp³-hybridized carbons (Fsp3) is 0.562. The quantitative estimate of drug-likeness (QED) is 0.510. The van der Waals surface area contributed by atoms with Crippen LogP contribution in [-0.2, 0) is 11.3 Å². The van der Waals surface area contributed by atoms with E-state index < -0.39 is 0 Å².